The number of rotatable bonds is 6. The molecule has 108 valence electrons. The number of hydrogen-bond acceptors (Lipinski definition) is 3. The minimum absolute atomic E-state index is 0.0436. The smallest absolute Gasteiger partial charge is 0.281 e. The topological polar surface area (TPSA) is 49.4 Å². The van der Waals surface area contributed by atoms with Gasteiger partial charge in [0.25, 0.3) is 5.24 Å². The van der Waals surface area contributed by atoms with Crippen molar-refractivity contribution in [3.63, 3.8) is 0 Å². The molecule has 0 bridgehead atoms. The quantitative estimate of drug-likeness (QED) is 0.876. The maximum Gasteiger partial charge on any atom is 0.281 e. The molecule has 1 fully saturated rings. The summed E-state index contributed by atoms with van der Waals surface area (Å²) in [6.45, 7) is 3.40. The lowest BCUT2D eigenvalue weighted by molar-refractivity contribution is -0.116. The van der Waals surface area contributed by atoms with Gasteiger partial charge in [-0.05, 0) is 24.1 Å². The second-order valence-electron chi connectivity index (χ2n) is 4.85. The summed E-state index contributed by atoms with van der Waals surface area (Å²) >= 11 is 1.32. The van der Waals surface area contributed by atoms with E-state index in [0.29, 0.717) is 13.0 Å². The zero-order valence-electron chi connectivity index (χ0n) is 11.7. The summed E-state index contributed by atoms with van der Waals surface area (Å²) in [6, 6.07) is 7.94. The molecular weight excluding hydrogens is 272 g/mol. The minimum atomic E-state index is -0.0436. The van der Waals surface area contributed by atoms with Gasteiger partial charge in [0.2, 0.25) is 5.91 Å². The van der Waals surface area contributed by atoms with Crippen LogP contribution < -0.4 is 5.32 Å². The number of carbonyl (C=O) groups is 2. The largest absolute Gasteiger partial charge is 0.332 e. The highest BCUT2D eigenvalue weighted by Crippen LogP contribution is 2.17. The normalized spacial score (nSPS) is 14.7. The monoisotopic (exact) mass is 292 g/mol. The van der Waals surface area contributed by atoms with Gasteiger partial charge in [-0.3, -0.25) is 9.59 Å². The van der Waals surface area contributed by atoms with E-state index in [9.17, 15) is 9.59 Å². The maximum atomic E-state index is 11.8. The number of hydrogen-bond donors (Lipinski definition) is 1. The highest BCUT2D eigenvalue weighted by molar-refractivity contribution is 8.13. The number of carbonyl (C=O) groups excluding carboxylic acids is 2. The first-order valence-corrected chi connectivity index (χ1v) is 7.98. The molecule has 0 atom stereocenters. The molecule has 1 saturated heterocycles. The van der Waals surface area contributed by atoms with E-state index in [1.807, 2.05) is 24.3 Å². The molecule has 2 rings (SSSR count). The Kier molecular flexibility index (Phi) is 5.47. The average molecular weight is 292 g/mol. The van der Waals surface area contributed by atoms with Gasteiger partial charge in [0.05, 0.1) is 0 Å². The number of nitrogens with zero attached hydrogens (tertiary/aromatic N) is 1. The van der Waals surface area contributed by atoms with E-state index < -0.39 is 0 Å². The fourth-order valence-electron chi connectivity index (χ4n) is 2.13. The Hall–Kier alpha value is -1.49. The Bertz CT molecular complexity index is 473. The molecule has 1 aliphatic rings. The maximum absolute atomic E-state index is 11.8. The Morgan fingerprint density at radius 3 is 2.70 bits per heavy atom. The van der Waals surface area contributed by atoms with Crippen molar-refractivity contribution in [3.8, 4) is 0 Å². The summed E-state index contributed by atoms with van der Waals surface area (Å²) in [5.41, 5.74) is 2.10. The number of benzene rings is 1. The van der Waals surface area contributed by atoms with E-state index >= 15 is 0 Å². The third-order valence-corrected chi connectivity index (χ3v) is 4.12. The second kappa shape index (κ2) is 7.33. The zero-order chi connectivity index (χ0) is 14.4. The average Bonchev–Trinajstić information content (AvgIpc) is 2.84. The van der Waals surface area contributed by atoms with Crippen LogP contribution in [0.3, 0.4) is 0 Å². The standard InChI is InChI=1S/C15H20N2O2S/c1-2-3-12-4-6-13(7-5-12)16-14(18)8-9-17-10-11-20-15(17)19/h4-7H,2-3,8-11H2,1H3,(H,16,18). The predicted octanol–water partition coefficient (Wildman–Crippen LogP) is 3.14. The van der Waals surface area contributed by atoms with Crippen LogP contribution >= 0.6 is 11.8 Å². The number of anilines is 1. The van der Waals surface area contributed by atoms with E-state index in [1.165, 1.54) is 17.3 Å². The summed E-state index contributed by atoms with van der Waals surface area (Å²) in [5.74, 6) is 0.789. The number of amides is 2. The van der Waals surface area contributed by atoms with E-state index in [-0.39, 0.29) is 11.1 Å². The Labute approximate surface area is 123 Å². The molecule has 0 spiro atoms. The van der Waals surface area contributed by atoms with Crippen molar-refractivity contribution >= 4 is 28.6 Å². The fraction of sp³-hybridized carbons (Fsp3) is 0.467. The zero-order valence-corrected chi connectivity index (χ0v) is 12.5. The van der Waals surface area contributed by atoms with E-state index in [2.05, 4.69) is 12.2 Å². The number of nitrogens with one attached hydrogen (secondary N) is 1. The molecular formula is C15H20N2O2S. The Morgan fingerprint density at radius 2 is 2.10 bits per heavy atom. The van der Waals surface area contributed by atoms with E-state index in [4.69, 9.17) is 0 Å². The van der Waals surface area contributed by atoms with Gasteiger partial charge in [-0.25, -0.2) is 0 Å². The van der Waals surface area contributed by atoms with Crippen LogP contribution in [0.2, 0.25) is 0 Å². The summed E-state index contributed by atoms with van der Waals surface area (Å²) in [4.78, 5) is 25.0. The summed E-state index contributed by atoms with van der Waals surface area (Å²) in [7, 11) is 0. The summed E-state index contributed by atoms with van der Waals surface area (Å²) in [5, 5.41) is 2.95. The van der Waals surface area contributed by atoms with Gasteiger partial charge in [-0.1, -0.05) is 37.2 Å². The van der Waals surface area contributed by atoms with E-state index in [0.717, 1.165) is 30.8 Å². The van der Waals surface area contributed by atoms with Crippen LogP contribution in [0.25, 0.3) is 0 Å². The molecule has 0 saturated carbocycles. The first-order chi connectivity index (χ1) is 9.69. The third kappa shape index (κ3) is 4.27. The molecule has 1 heterocycles. The molecule has 5 heteroatoms. The van der Waals surface area contributed by atoms with Crippen LogP contribution in [0.1, 0.15) is 25.3 Å². The van der Waals surface area contributed by atoms with Crippen molar-refractivity contribution in [1.82, 2.24) is 4.90 Å². The molecule has 0 aliphatic carbocycles. The van der Waals surface area contributed by atoms with Gasteiger partial charge < -0.3 is 10.2 Å². The van der Waals surface area contributed by atoms with Crippen LogP contribution in [-0.4, -0.2) is 34.9 Å². The van der Waals surface area contributed by atoms with E-state index in [1.54, 1.807) is 4.90 Å². The van der Waals surface area contributed by atoms with Crippen molar-refractivity contribution in [3.05, 3.63) is 29.8 Å². The van der Waals surface area contributed by atoms with Gasteiger partial charge in [-0.15, -0.1) is 0 Å². The van der Waals surface area contributed by atoms with Crippen molar-refractivity contribution < 1.29 is 9.59 Å². The van der Waals surface area contributed by atoms with Crippen LogP contribution in [0.15, 0.2) is 24.3 Å². The van der Waals surface area contributed by atoms with Gasteiger partial charge in [0.1, 0.15) is 0 Å². The lowest BCUT2D eigenvalue weighted by atomic mass is 10.1. The number of aryl methyl sites for hydroxylation is 1. The first kappa shape index (κ1) is 14.9. The third-order valence-electron chi connectivity index (χ3n) is 3.23. The van der Waals surface area contributed by atoms with Gasteiger partial charge in [0.15, 0.2) is 0 Å². The predicted molar refractivity (Wildman–Crippen MR) is 83.1 cm³/mol. The lowest BCUT2D eigenvalue weighted by Gasteiger charge is -2.14. The SMILES string of the molecule is CCCc1ccc(NC(=O)CCN2CCSC2=O)cc1. The molecule has 0 aromatic heterocycles. The molecule has 1 aliphatic heterocycles. The Morgan fingerprint density at radius 1 is 1.35 bits per heavy atom. The lowest BCUT2D eigenvalue weighted by Crippen LogP contribution is -2.27. The van der Waals surface area contributed by atoms with Crippen molar-refractivity contribution in [1.29, 1.82) is 0 Å². The van der Waals surface area contributed by atoms with Gasteiger partial charge in [0, 0.05) is 31.0 Å². The molecule has 1 N–H and O–H groups in total. The van der Waals surface area contributed by atoms with Gasteiger partial charge in [-0.2, -0.15) is 0 Å². The van der Waals surface area contributed by atoms with Crippen molar-refractivity contribution in [2.24, 2.45) is 0 Å². The summed E-state index contributed by atoms with van der Waals surface area (Å²) in [6.07, 6.45) is 2.53. The molecule has 2 amide bonds. The molecule has 0 radical (unpaired) electrons. The fourth-order valence-corrected chi connectivity index (χ4v) is 2.98. The van der Waals surface area contributed by atoms with Crippen molar-refractivity contribution in [2.75, 3.05) is 24.2 Å². The number of thioether (sulfide) groups is 1. The molecule has 4 nitrogen and oxygen atoms in total. The molecule has 20 heavy (non-hydrogen) atoms. The molecule has 1 aromatic rings. The van der Waals surface area contributed by atoms with Crippen LogP contribution in [0.5, 0.6) is 0 Å². The second-order valence-corrected chi connectivity index (χ2v) is 5.89. The summed E-state index contributed by atoms with van der Waals surface area (Å²) < 4.78 is 0. The highest BCUT2D eigenvalue weighted by Gasteiger charge is 2.21. The van der Waals surface area contributed by atoms with Gasteiger partial charge >= 0.3 is 0 Å². The molecule has 0 unspecified atom stereocenters. The minimum Gasteiger partial charge on any atom is -0.332 e. The first-order valence-electron chi connectivity index (χ1n) is 6.99. The van der Waals surface area contributed by atoms with Crippen LogP contribution in [0, 0.1) is 0 Å². The highest BCUT2D eigenvalue weighted by atomic mass is 32.2. The van der Waals surface area contributed by atoms with Crippen LogP contribution in [-0.2, 0) is 11.2 Å². The Balaban J connectivity index is 1.77. The van der Waals surface area contributed by atoms with Crippen molar-refractivity contribution in [2.45, 2.75) is 26.2 Å². The van der Waals surface area contributed by atoms with Crippen LogP contribution in [0.4, 0.5) is 10.5 Å². The molecule has 1 aromatic carbocycles.